The van der Waals surface area contributed by atoms with E-state index in [-0.39, 0.29) is 24.2 Å². The molecule has 9 nitrogen and oxygen atoms in total. The van der Waals surface area contributed by atoms with Crippen molar-refractivity contribution in [2.45, 2.75) is 58.7 Å². The molecule has 11 heteroatoms. The van der Waals surface area contributed by atoms with E-state index >= 15 is 8.78 Å². The number of morpholine rings is 1. The summed E-state index contributed by atoms with van der Waals surface area (Å²) in [5, 5.41) is 4.78. The Kier molecular flexibility index (Phi) is 8.34. The van der Waals surface area contributed by atoms with E-state index in [0.717, 1.165) is 24.1 Å². The number of fused-ring (bicyclic) bond motifs is 1. The zero-order valence-corrected chi connectivity index (χ0v) is 25.6. The number of halogens is 2. The van der Waals surface area contributed by atoms with E-state index in [2.05, 4.69) is 4.98 Å². The smallest absolute Gasteiger partial charge is 0.410 e. The van der Waals surface area contributed by atoms with Crippen molar-refractivity contribution in [2.75, 3.05) is 39.4 Å². The molecule has 0 unspecified atom stereocenters. The van der Waals surface area contributed by atoms with Gasteiger partial charge in [-0.2, -0.15) is 5.10 Å². The Morgan fingerprint density at radius 2 is 1.75 bits per heavy atom. The van der Waals surface area contributed by atoms with Crippen LogP contribution in [0.3, 0.4) is 0 Å². The van der Waals surface area contributed by atoms with Crippen molar-refractivity contribution >= 4 is 17.1 Å². The minimum Gasteiger partial charge on any atom is -0.444 e. The average Bonchev–Trinajstić information content (AvgIpc) is 3.39. The van der Waals surface area contributed by atoms with Crippen molar-refractivity contribution in [3.8, 4) is 22.4 Å². The van der Waals surface area contributed by atoms with Crippen LogP contribution in [0.15, 0.2) is 42.7 Å². The van der Waals surface area contributed by atoms with Crippen LogP contribution in [0.25, 0.3) is 33.4 Å². The van der Waals surface area contributed by atoms with Gasteiger partial charge in [-0.3, -0.25) is 14.6 Å². The standard InChI is InChI=1S/C33H38F2N6O3/c1-21-25(20-41(38-21)23-8-10-40(11-9-23)32(42)44-33(2,3)4)30-18-36-29-7-5-6-24(31(29)37-30)22-16-27(34)26(28(35)17-22)19-39-12-14-43-15-13-39/h5-7,16-18,20,23H,8-15,19H2,1-4H3. The Bertz CT molecular complexity index is 1650. The first-order valence-electron chi connectivity index (χ1n) is 15.1. The number of aryl methyl sites for hydroxylation is 1. The molecule has 0 saturated carbocycles. The molecule has 4 aromatic rings. The Hall–Kier alpha value is -3.96. The molecule has 4 heterocycles. The summed E-state index contributed by atoms with van der Waals surface area (Å²) in [5.74, 6) is -1.16. The molecule has 0 spiro atoms. The summed E-state index contributed by atoms with van der Waals surface area (Å²) in [6.45, 7) is 11.3. The van der Waals surface area contributed by atoms with Crippen LogP contribution in [0, 0.1) is 18.6 Å². The maximum atomic E-state index is 15.3. The molecule has 0 aliphatic carbocycles. The highest BCUT2D eigenvalue weighted by molar-refractivity contribution is 5.92. The van der Waals surface area contributed by atoms with Crippen LogP contribution in [0.5, 0.6) is 0 Å². The molecular formula is C33H38F2N6O3. The molecule has 2 aliphatic rings. The average molecular weight is 605 g/mol. The number of nitrogens with zero attached hydrogens (tertiary/aromatic N) is 6. The van der Waals surface area contributed by atoms with Gasteiger partial charge in [0.1, 0.15) is 17.2 Å². The van der Waals surface area contributed by atoms with Crippen LogP contribution in [0.1, 0.15) is 50.9 Å². The first-order valence-corrected chi connectivity index (χ1v) is 15.1. The van der Waals surface area contributed by atoms with Crippen LogP contribution in [-0.4, -0.2) is 80.6 Å². The summed E-state index contributed by atoms with van der Waals surface area (Å²) in [6.07, 6.45) is 4.90. The molecule has 2 aromatic heterocycles. The molecule has 2 fully saturated rings. The second-order valence-electron chi connectivity index (χ2n) is 12.5. The third kappa shape index (κ3) is 6.44. The van der Waals surface area contributed by atoms with Gasteiger partial charge in [-0.05, 0) is 64.3 Å². The van der Waals surface area contributed by atoms with Gasteiger partial charge in [0, 0.05) is 55.6 Å². The second kappa shape index (κ2) is 12.2. The number of benzene rings is 2. The summed E-state index contributed by atoms with van der Waals surface area (Å²) in [6, 6.07) is 8.36. The molecule has 2 saturated heterocycles. The van der Waals surface area contributed by atoms with Gasteiger partial charge in [-0.15, -0.1) is 0 Å². The fourth-order valence-electron chi connectivity index (χ4n) is 5.85. The fourth-order valence-corrected chi connectivity index (χ4v) is 5.85. The van der Waals surface area contributed by atoms with Gasteiger partial charge in [0.2, 0.25) is 0 Å². The second-order valence-corrected chi connectivity index (χ2v) is 12.5. The van der Waals surface area contributed by atoms with E-state index in [1.165, 1.54) is 12.1 Å². The third-order valence-corrected chi connectivity index (χ3v) is 8.19. The van der Waals surface area contributed by atoms with E-state index in [1.807, 2.05) is 61.7 Å². The van der Waals surface area contributed by atoms with Gasteiger partial charge in [0.25, 0.3) is 0 Å². The number of hydrogen-bond donors (Lipinski definition) is 0. The van der Waals surface area contributed by atoms with Gasteiger partial charge in [-0.1, -0.05) is 12.1 Å². The number of likely N-dealkylation sites (tertiary alicyclic amines) is 1. The van der Waals surface area contributed by atoms with Crippen LogP contribution in [0.2, 0.25) is 0 Å². The zero-order valence-electron chi connectivity index (χ0n) is 25.6. The molecule has 1 amide bonds. The van der Waals surface area contributed by atoms with Crippen LogP contribution in [-0.2, 0) is 16.0 Å². The summed E-state index contributed by atoms with van der Waals surface area (Å²) >= 11 is 0. The number of carbonyl (C=O) groups is 1. The van der Waals surface area contributed by atoms with E-state index in [9.17, 15) is 4.79 Å². The summed E-state index contributed by atoms with van der Waals surface area (Å²) < 4.78 is 43.4. The SMILES string of the molecule is Cc1nn(C2CCN(C(=O)OC(C)(C)C)CC2)cc1-c1cnc2cccc(-c3cc(F)c(CN4CCOCC4)c(F)c3)c2n1. The summed E-state index contributed by atoms with van der Waals surface area (Å²) in [5.41, 5.74) is 3.99. The molecule has 2 aromatic carbocycles. The number of ether oxygens (including phenoxy) is 2. The molecule has 0 N–H and O–H groups in total. The van der Waals surface area contributed by atoms with Crippen molar-refractivity contribution in [1.29, 1.82) is 0 Å². The largest absolute Gasteiger partial charge is 0.444 e. The number of carbonyl (C=O) groups excluding carboxylic acids is 1. The minimum absolute atomic E-state index is 0.0580. The molecule has 2 aliphatic heterocycles. The lowest BCUT2D eigenvalue weighted by atomic mass is 10.0. The Labute approximate surface area is 255 Å². The maximum absolute atomic E-state index is 15.3. The predicted octanol–water partition coefficient (Wildman–Crippen LogP) is 6.15. The van der Waals surface area contributed by atoms with Crippen molar-refractivity contribution in [2.24, 2.45) is 0 Å². The van der Waals surface area contributed by atoms with Crippen molar-refractivity contribution in [3.63, 3.8) is 0 Å². The van der Waals surface area contributed by atoms with Gasteiger partial charge >= 0.3 is 6.09 Å². The molecule has 6 rings (SSSR count). The monoisotopic (exact) mass is 604 g/mol. The van der Waals surface area contributed by atoms with Crippen LogP contribution in [0.4, 0.5) is 13.6 Å². The molecule has 0 radical (unpaired) electrons. The first kappa shape index (κ1) is 30.1. The zero-order chi connectivity index (χ0) is 31.0. The molecule has 0 bridgehead atoms. The third-order valence-electron chi connectivity index (χ3n) is 8.19. The summed E-state index contributed by atoms with van der Waals surface area (Å²) in [7, 11) is 0. The highest BCUT2D eigenvalue weighted by Gasteiger charge is 2.28. The minimum atomic E-state index is -0.581. The van der Waals surface area contributed by atoms with Gasteiger partial charge < -0.3 is 14.4 Å². The lowest BCUT2D eigenvalue weighted by Gasteiger charge is -2.33. The van der Waals surface area contributed by atoms with Crippen molar-refractivity contribution in [1.82, 2.24) is 29.5 Å². The Morgan fingerprint density at radius 3 is 2.43 bits per heavy atom. The number of hydrogen-bond acceptors (Lipinski definition) is 7. The molecule has 44 heavy (non-hydrogen) atoms. The van der Waals surface area contributed by atoms with Crippen LogP contribution < -0.4 is 0 Å². The highest BCUT2D eigenvalue weighted by atomic mass is 19.1. The van der Waals surface area contributed by atoms with E-state index in [4.69, 9.17) is 19.6 Å². The molecular weight excluding hydrogens is 566 g/mol. The number of amides is 1. The quantitative estimate of drug-likeness (QED) is 0.270. The van der Waals surface area contributed by atoms with Gasteiger partial charge in [0.05, 0.1) is 47.9 Å². The van der Waals surface area contributed by atoms with E-state index in [0.29, 0.717) is 67.2 Å². The van der Waals surface area contributed by atoms with E-state index in [1.54, 1.807) is 11.1 Å². The fraction of sp³-hybridized carbons (Fsp3) is 0.455. The number of para-hydroxylation sites is 1. The van der Waals surface area contributed by atoms with Crippen LogP contribution >= 0.6 is 0 Å². The van der Waals surface area contributed by atoms with Crippen molar-refractivity contribution < 1.29 is 23.0 Å². The highest BCUT2D eigenvalue weighted by Crippen LogP contribution is 2.33. The topological polar surface area (TPSA) is 85.6 Å². The number of rotatable bonds is 5. The Morgan fingerprint density at radius 1 is 1.05 bits per heavy atom. The lowest BCUT2D eigenvalue weighted by Crippen LogP contribution is -2.42. The Balaban J connectivity index is 1.24. The van der Waals surface area contributed by atoms with E-state index < -0.39 is 17.2 Å². The number of aromatic nitrogens is 4. The maximum Gasteiger partial charge on any atom is 0.410 e. The summed E-state index contributed by atoms with van der Waals surface area (Å²) in [4.78, 5) is 25.8. The predicted molar refractivity (Wildman–Crippen MR) is 163 cm³/mol. The van der Waals surface area contributed by atoms with Crippen molar-refractivity contribution in [3.05, 3.63) is 65.6 Å². The van der Waals surface area contributed by atoms with Gasteiger partial charge in [0.15, 0.2) is 0 Å². The first-order chi connectivity index (χ1) is 21.1. The van der Waals surface area contributed by atoms with Gasteiger partial charge in [-0.25, -0.2) is 18.6 Å². The lowest BCUT2D eigenvalue weighted by molar-refractivity contribution is 0.0184. The molecule has 232 valence electrons. The molecule has 0 atom stereocenters. The normalized spacial score (nSPS) is 16.9. The number of piperidine rings is 1.